The summed E-state index contributed by atoms with van der Waals surface area (Å²) in [6.07, 6.45) is -2.89. The predicted octanol–water partition coefficient (Wildman–Crippen LogP) is 3.11. The van der Waals surface area contributed by atoms with Crippen LogP contribution >= 0.6 is 0 Å². The highest BCUT2D eigenvalue weighted by Crippen LogP contribution is 2.38. The van der Waals surface area contributed by atoms with Gasteiger partial charge < -0.3 is 4.74 Å². The second kappa shape index (κ2) is 8.80. The van der Waals surface area contributed by atoms with Crippen molar-refractivity contribution < 1.29 is 52.7 Å². The largest absolute Gasteiger partial charge is 0.498 e. The highest BCUT2D eigenvalue weighted by atomic mass is 32.3. The van der Waals surface area contributed by atoms with Crippen LogP contribution in [0.1, 0.15) is 33.1 Å². The Morgan fingerprint density at radius 2 is 1.37 bits per heavy atom. The minimum absolute atomic E-state index is 0.311. The summed E-state index contributed by atoms with van der Waals surface area (Å²) in [4.78, 5) is 11.4. The van der Waals surface area contributed by atoms with E-state index in [9.17, 15) is 48.0 Å². The van der Waals surface area contributed by atoms with E-state index < -0.39 is 66.1 Å². The molecule has 0 N–H and O–H groups in total. The Bertz CT molecular complexity index is 692. The fourth-order valence-corrected chi connectivity index (χ4v) is 5.42. The summed E-state index contributed by atoms with van der Waals surface area (Å²) in [5, 5.41) is 0. The van der Waals surface area contributed by atoms with Crippen LogP contribution in [0.2, 0.25) is 0 Å². The average Bonchev–Trinajstić information content (AvgIpc) is 2.43. The van der Waals surface area contributed by atoms with Gasteiger partial charge in [0.25, 0.3) is 19.7 Å². The number of carbonyl (C=O) groups is 1. The number of rotatable bonds is 9. The number of alkyl halides is 6. The molecular formula is C13H18F6O6S2. The van der Waals surface area contributed by atoms with Crippen LogP contribution in [0.15, 0.2) is 12.7 Å². The summed E-state index contributed by atoms with van der Waals surface area (Å²) in [7, 11) is -13.4. The first-order chi connectivity index (χ1) is 11.9. The van der Waals surface area contributed by atoms with Crippen LogP contribution in [0.4, 0.5) is 26.3 Å². The van der Waals surface area contributed by atoms with Gasteiger partial charge in [0, 0.05) is 0 Å². The van der Waals surface area contributed by atoms with Crippen LogP contribution in [0.3, 0.4) is 0 Å². The van der Waals surface area contributed by atoms with Crippen molar-refractivity contribution in [2.45, 2.75) is 54.8 Å². The fourth-order valence-electron chi connectivity index (χ4n) is 1.94. The average molecular weight is 448 g/mol. The third-order valence-electron chi connectivity index (χ3n) is 3.36. The number of halogens is 6. The lowest BCUT2D eigenvalue weighted by Gasteiger charge is -2.25. The molecule has 0 aliphatic heterocycles. The molecule has 14 heteroatoms. The molecule has 0 saturated carbocycles. The first-order valence-corrected chi connectivity index (χ1v) is 10.4. The third-order valence-corrected chi connectivity index (χ3v) is 8.03. The van der Waals surface area contributed by atoms with Crippen LogP contribution in [0, 0.1) is 5.92 Å². The molecule has 27 heavy (non-hydrogen) atoms. The van der Waals surface area contributed by atoms with Crippen molar-refractivity contribution in [1.82, 2.24) is 0 Å². The van der Waals surface area contributed by atoms with Gasteiger partial charge in [-0.3, -0.25) is 4.79 Å². The van der Waals surface area contributed by atoms with Gasteiger partial charge in [-0.25, -0.2) is 16.8 Å². The molecule has 0 bridgehead atoms. The Morgan fingerprint density at radius 3 is 1.67 bits per heavy atom. The molecule has 0 aromatic carbocycles. The van der Waals surface area contributed by atoms with Crippen molar-refractivity contribution in [3.8, 4) is 0 Å². The van der Waals surface area contributed by atoms with Crippen molar-refractivity contribution in [1.29, 1.82) is 0 Å². The van der Waals surface area contributed by atoms with E-state index in [2.05, 4.69) is 6.58 Å². The Balaban J connectivity index is 5.88. The molecule has 6 nitrogen and oxygen atoms in total. The topological polar surface area (TPSA) is 94.6 Å². The van der Waals surface area contributed by atoms with Crippen molar-refractivity contribution in [2.75, 3.05) is 0 Å². The normalized spacial score (nSPS) is 15.0. The molecule has 0 fully saturated rings. The second-order valence-electron chi connectivity index (χ2n) is 5.75. The number of ether oxygens (including phenoxy) is 1. The number of hydrogen-bond donors (Lipinski definition) is 0. The monoisotopic (exact) mass is 448 g/mol. The number of esters is 1. The van der Waals surface area contributed by atoms with Gasteiger partial charge >= 0.3 is 17.0 Å². The molecule has 0 radical (unpaired) electrons. The van der Waals surface area contributed by atoms with Gasteiger partial charge in [-0.2, -0.15) is 26.3 Å². The molecule has 160 valence electrons. The summed E-state index contributed by atoms with van der Waals surface area (Å²) >= 11 is 0. The lowest BCUT2D eigenvalue weighted by atomic mass is 10.0. The summed E-state index contributed by atoms with van der Waals surface area (Å²) in [6, 6.07) is 0. The Kier molecular flexibility index (Phi) is 8.37. The Labute approximate surface area is 152 Å². The minimum Gasteiger partial charge on any atom is -0.462 e. The zero-order chi connectivity index (χ0) is 21.8. The van der Waals surface area contributed by atoms with Crippen LogP contribution in [0.5, 0.6) is 0 Å². The van der Waals surface area contributed by atoms with Gasteiger partial charge in [-0.05, 0) is 18.8 Å². The predicted molar refractivity (Wildman–Crippen MR) is 82.5 cm³/mol. The van der Waals surface area contributed by atoms with Crippen LogP contribution < -0.4 is 0 Å². The first-order valence-electron chi connectivity index (χ1n) is 7.30. The van der Waals surface area contributed by atoms with Gasteiger partial charge in [-0.1, -0.05) is 19.9 Å². The number of hydrogen-bond acceptors (Lipinski definition) is 6. The molecule has 0 spiro atoms. The van der Waals surface area contributed by atoms with Gasteiger partial charge in [0.15, 0.2) is 4.58 Å². The molecule has 0 heterocycles. The highest BCUT2D eigenvalue weighted by molar-refractivity contribution is 8.09. The molecular weight excluding hydrogens is 430 g/mol. The van der Waals surface area contributed by atoms with E-state index in [-0.39, 0.29) is 6.42 Å². The number of carbonyl (C=O) groups excluding carboxylic acids is 1. The van der Waals surface area contributed by atoms with E-state index in [1.165, 1.54) is 13.8 Å². The first kappa shape index (κ1) is 25.7. The van der Waals surface area contributed by atoms with E-state index in [1.807, 2.05) is 0 Å². The maximum atomic E-state index is 12.7. The smallest absolute Gasteiger partial charge is 0.462 e. The van der Waals surface area contributed by atoms with Crippen molar-refractivity contribution in [3.05, 3.63) is 12.7 Å². The molecule has 0 aromatic heterocycles. The summed E-state index contributed by atoms with van der Waals surface area (Å²) < 4.78 is 123. The van der Waals surface area contributed by atoms with Gasteiger partial charge in [0.05, 0.1) is 6.42 Å². The molecule has 1 atom stereocenters. The Morgan fingerprint density at radius 1 is 0.963 bits per heavy atom. The van der Waals surface area contributed by atoms with E-state index in [0.29, 0.717) is 0 Å². The standard InChI is InChI=1S/C13H18F6O6S2/c1-4-5-10(20)25-9(8(2)3)6-7-11(26(21,22)12(14,15)16)27(23,24)13(17,18)19/h4,8-9,11H,1,5-7H2,2-3H3. The van der Waals surface area contributed by atoms with E-state index in [1.54, 1.807) is 0 Å². The molecule has 0 aliphatic carbocycles. The van der Waals surface area contributed by atoms with Crippen molar-refractivity contribution in [2.24, 2.45) is 5.92 Å². The van der Waals surface area contributed by atoms with Gasteiger partial charge in [0.1, 0.15) is 6.10 Å². The van der Waals surface area contributed by atoms with Crippen LogP contribution in [-0.4, -0.2) is 44.5 Å². The molecule has 0 rings (SSSR count). The minimum atomic E-state index is -6.70. The summed E-state index contributed by atoms with van der Waals surface area (Å²) in [5.74, 6) is -1.54. The maximum Gasteiger partial charge on any atom is 0.498 e. The second-order valence-corrected chi connectivity index (χ2v) is 10.3. The third kappa shape index (κ3) is 6.36. The lowest BCUT2D eigenvalue weighted by molar-refractivity contribution is -0.150. The van der Waals surface area contributed by atoms with Gasteiger partial charge in [0.2, 0.25) is 0 Å². The zero-order valence-electron chi connectivity index (χ0n) is 14.2. The summed E-state index contributed by atoms with van der Waals surface area (Å²) in [5.41, 5.74) is -12.4. The van der Waals surface area contributed by atoms with Crippen molar-refractivity contribution >= 4 is 25.6 Å². The molecule has 0 amide bonds. The van der Waals surface area contributed by atoms with Crippen molar-refractivity contribution in [3.63, 3.8) is 0 Å². The number of sulfone groups is 2. The molecule has 0 aliphatic rings. The highest BCUT2D eigenvalue weighted by Gasteiger charge is 2.62. The van der Waals surface area contributed by atoms with E-state index in [4.69, 9.17) is 4.74 Å². The Hall–Kier alpha value is -1.31. The lowest BCUT2D eigenvalue weighted by Crippen LogP contribution is -2.45. The SMILES string of the molecule is C=CCC(=O)OC(CCC(S(=O)(=O)C(F)(F)F)S(=O)(=O)C(F)(F)F)C(C)C. The quantitative estimate of drug-likeness (QED) is 0.306. The van der Waals surface area contributed by atoms with E-state index >= 15 is 0 Å². The molecule has 0 saturated heterocycles. The summed E-state index contributed by atoms with van der Waals surface area (Å²) in [6.45, 7) is 6.04. The van der Waals surface area contributed by atoms with Crippen LogP contribution in [-0.2, 0) is 29.2 Å². The zero-order valence-corrected chi connectivity index (χ0v) is 15.8. The van der Waals surface area contributed by atoms with Gasteiger partial charge in [-0.15, -0.1) is 6.58 Å². The maximum absolute atomic E-state index is 12.7. The van der Waals surface area contributed by atoms with Crippen LogP contribution in [0.25, 0.3) is 0 Å². The van der Waals surface area contributed by atoms with E-state index in [0.717, 1.165) is 6.08 Å². The molecule has 0 aromatic rings. The molecule has 1 unspecified atom stereocenters. The fraction of sp³-hybridized carbons (Fsp3) is 0.769.